The van der Waals surface area contributed by atoms with E-state index < -0.39 is 23.1 Å². The molecule has 0 aromatic heterocycles. The number of carbonyl (C=O) groups is 2. The molecule has 1 aliphatic carbocycles. The molecule has 2 unspecified atom stereocenters. The van der Waals surface area contributed by atoms with Gasteiger partial charge in [-0.05, 0) is 24.8 Å². The van der Waals surface area contributed by atoms with Crippen molar-refractivity contribution in [3.05, 3.63) is 35.9 Å². The highest BCUT2D eigenvalue weighted by Crippen LogP contribution is 2.48. The zero-order valence-electron chi connectivity index (χ0n) is 9.56. The van der Waals surface area contributed by atoms with Gasteiger partial charge in [-0.3, -0.25) is 9.59 Å². The number of nitrogens with two attached hydrogens (primary N) is 2. The highest BCUT2D eigenvalue weighted by molar-refractivity contribution is 5.91. The Bertz CT molecular complexity index is 444. The van der Waals surface area contributed by atoms with Crippen molar-refractivity contribution in [2.24, 2.45) is 22.8 Å². The number of hydrogen-bond donors (Lipinski definition) is 2. The third kappa shape index (κ3) is 1.90. The van der Waals surface area contributed by atoms with Crippen LogP contribution in [0.1, 0.15) is 18.4 Å². The van der Waals surface area contributed by atoms with Gasteiger partial charge >= 0.3 is 0 Å². The van der Waals surface area contributed by atoms with Gasteiger partial charge in [-0.2, -0.15) is 0 Å². The second-order valence-corrected chi connectivity index (χ2v) is 4.68. The molecule has 0 spiro atoms. The van der Waals surface area contributed by atoms with Gasteiger partial charge in [0.2, 0.25) is 11.8 Å². The largest absolute Gasteiger partial charge is 0.369 e. The molecule has 2 atom stereocenters. The Morgan fingerprint density at radius 3 is 2.29 bits per heavy atom. The van der Waals surface area contributed by atoms with E-state index in [-0.39, 0.29) is 0 Å². The fourth-order valence-corrected chi connectivity index (χ4v) is 2.61. The molecule has 0 aliphatic heterocycles. The van der Waals surface area contributed by atoms with Gasteiger partial charge in [0.05, 0.1) is 11.3 Å². The smallest absolute Gasteiger partial charge is 0.224 e. The zero-order chi connectivity index (χ0) is 12.5. The van der Waals surface area contributed by atoms with Gasteiger partial charge in [0.15, 0.2) is 0 Å². The number of rotatable bonds is 4. The van der Waals surface area contributed by atoms with Crippen molar-refractivity contribution in [3.8, 4) is 0 Å². The summed E-state index contributed by atoms with van der Waals surface area (Å²) in [4.78, 5) is 22.9. The predicted molar refractivity (Wildman–Crippen MR) is 63.7 cm³/mol. The standard InChI is InChI=1S/C13H16N2O2/c14-11(16)10-6-7-13(10,12(15)17)8-9-4-2-1-3-5-9/h1-5,10H,6-8H2,(H2,14,16)(H2,15,17). The van der Waals surface area contributed by atoms with E-state index in [4.69, 9.17) is 11.5 Å². The molecule has 0 saturated heterocycles. The summed E-state index contributed by atoms with van der Waals surface area (Å²) in [6.07, 6.45) is 1.80. The van der Waals surface area contributed by atoms with E-state index in [9.17, 15) is 9.59 Å². The van der Waals surface area contributed by atoms with Gasteiger partial charge in [-0.25, -0.2) is 0 Å². The summed E-state index contributed by atoms with van der Waals surface area (Å²) in [6, 6.07) is 9.58. The van der Waals surface area contributed by atoms with Crippen LogP contribution in [0.5, 0.6) is 0 Å². The summed E-state index contributed by atoms with van der Waals surface area (Å²) in [7, 11) is 0. The molecule has 1 fully saturated rings. The Morgan fingerprint density at radius 2 is 1.88 bits per heavy atom. The first-order valence-corrected chi connectivity index (χ1v) is 5.69. The van der Waals surface area contributed by atoms with Gasteiger partial charge in [-0.15, -0.1) is 0 Å². The van der Waals surface area contributed by atoms with E-state index in [2.05, 4.69) is 0 Å². The molecular weight excluding hydrogens is 216 g/mol. The minimum absolute atomic E-state index is 0.416. The number of primary amides is 2. The molecule has 0 bridgehead atoms. The molecule has 4 N–H and O–H groups in total. The lowest BCUT2D eigenvalue weighted by atomic mass is 9.56. The maximum atomic E-state index is 11.6. The third-order valence-corrected chi connectivity index (χ3v) is 3.74. The number of amides is 2. The van der Waals surface area contributed by atoms with Crippen molar-refractivity contribution < 1.29 is 9.59 Å². The van der Waals surface area contributed by atoms with Gasteiger partial charge < -0.3 is 11.5 Å². The van der Waals surface area contributed by atoms with Crippen molar-refractivity contribution in [3.63, 3.8) is 0 Å². The van der Waals surface area contributed by atoms with E-state index in [0.29, 0.717) is 19.3 Å². The Balaban J connectivity index is 2.25. The lowest BCUT2D eigenvalue weighted by molar-refractivity contribution is -0.148. The predicted octanol–water partition coefficient (Wildman–Crippen LogP) is 0.596. The minimum Gasteiger partial charge on any atom is -0.369 e. The van der Waals surface area contributed by atoms with Crippen molar-refractivity contribution in [1.29, 1.82) is 0 Å². The Labute approximate surface area is 100.0 Å². The Hall–Kier alpha value is -1.84. The van der Waals surface area contributed by atoms with Crippen LogP contribution in [0.3, 0.4) is 0 Å². The van der Waals surface area contributed by atoms with Crippen LogP contribution in [0.4, 0.5) is 0 Å². The topological polar surface area (TPSA) is 86.2 Å². The average Bonchev–Trinajstić information content (AvgIpc) is 2.24. The van der Waals surface area contributed by atoms with Crippen LogP contribution in [0.25, 0.3) is 0 Å². The van der Waals surface area contributed by atoms with E-state index in [1.807, 2.05) is 30.3 Å². The Morgan fingerprint density at radius 1 is 1.24 bits per heavy atom. The van der Waals surface area contributed by atoms with Gasteiger partial charge in [-0.1, -0.05) is 30.3 Å². The fraction of sp³-hybridized carbons (Fsp3) is 0.385. The van der Waals surface area contributed by atoms with E-state index in [1.54, 1.807) is 0 Å². The number of benzene rings is 1. The van der Waals surface area contributed by atoms with Crippen LogP contribution < -0.4 is 11.5 Å². The maximum Gasteiger partial charge on any atom is 0.224 e. The SMILES string of the molecule is NC(=O)C1CCC1(Cc1ccccc1)C(N)=O. The van der Waals surface area contributed by atoms with Crippen LogP contribution in [-0.4, -0.2) is 11.8 Å². The summed E-state index contributed by atoms with van der Waals surface area (Å²) < 4.78 is 0. The summed E-state index contributed by atoms with van der Waals surface area (Å²) in [5.74, 6) is -1.26. The van der Waals surface area contributed by atoms with Crippen molar-refractivity contribution >= 4 is 11.8 Å². The highest BCUT2D eigenvalue weighted by Gasteiger charge is 2.54. The normalized spacial score (nSPS) is 27.2. The molecule has 0 radical (unpaired) electrons. The molecule has 1 saturated carbocycles. The first-order chi connectivity index (χ1) is 8.06. The number of hydrogen-bond acceptors (Lipinski definition) is 2. The molecular formula is C13H16N2O2. The second-order valence-electron chi connectivity index (χ2n) is 4.68. The maximum absolute atomic E-state index is 11.6. The average molecular weight is 232 g/mol. The second kappa shape index (κ2) is 4.20. The molecule has 1 aromatic carbocycles. The van der Waals surface area contributed by atoms with Gasteiger partial charge in [0.25, 0.3) is 0 Å². The van der Waals surface area contributed by atoms with Crippen LogP contribution in [0.15, 0.2) is 30.3 Å². The minimum atomic E-state index is -0.771. The van der Waals surface area contributed by atoms with E-state index >= 15 is 0 Å². The van der Waals surface area contributed by atoms with E-state index in [1.165, 1.54) is 0 Å². The molecule has 1 aromatic rings. The van der Waals surface area contributed by atoms with Crippen LogP contribution >= 0.6 is 0 Å². The quantitative estimate of drug-likeness (QED) is 0.796. The molecule has 1 aliphatic rings. The monoisotopic (exact) mass is 232 g/mol. The third-order valence-electron chi connectivity index (χ3n) is 3.74. The number of carbonyl (C=O) groups excluding carboxylic acids is 2. The Kier molecular flexibility index (Phi) is 2.88. The fourth-order valence-electron chi connectivity index (χ4n) is 2.61. The van der Waals surface area contributed by atoms with Crippen LogP contribution in [0.2, 0.25) is 0 Å². The molecule has 4 heteroatoms. The first-order valence-electron chi connectivity index (χ1n) is 5.69. The molecule has 90 valence electrons. The van der Waals surface area contributed by atoms with Crippen LogP contribution in [0, 0.1) is 11.3 Å². The van der Waals surface area contributed by atoms with Gasteiger partial charge in [0.1, 0.15) is 0 Å². The lowest BCUT2D eigenvalue weighted by Gasteiger charge is -2.45. The molecule has 4 nitrogen and oxygen atoms in total. The first kappa shape index (κ1) is 11.6. The van der Waals surface area contributed by atoms with E-state index in [0.717, 1.165) is 5.56 Å². The molecule has 17 heavy (non-hydrogen) atoms. The van der Waals surface area contributed by atoms with Crippen molar-refractivity contribution in [2.75, 3.05) is 0 Å². The molecule has 2 amide bonds. The van der Waals surface area contributed by atoms with Crippen molar-refractivity contribution in [1.82, 2.24) is 0 Å². The highest BCUT2D eigenvalue weighted by atomic mass is 16.2. The lowest BCUT2D eigenvalue weighted by Crippen LogP contribution is -2.56. The van der Waals surface area contributed by atoms with Crippen molar-refractivity contribution in [2.45, 2.75) is 19.3 Å². The molecule has 2 rings (SSSR count). The summed E-state index contributed by atoms with van der Waals surface area (Å²) in [5.41, 5.74) is 11.0. The summed E-state index contributed by atoms with van der Waals surface area (Å²) in [6.45, 7) is 0. The van der Waals surface area contributed by atoms with Crippen LogP contribution in [-0.2, 0) is 16.0 Å². The summed E-state index contributed by atoms with van der Waals surface area (Å²) >= 11 is 0. The van der Waals surface area contributed by atoms with Gasteiger partial charge in [0, 0.05) is 0 Å². The summed E-state index contributed by atoms with van der Waals surface area (Å²) in [5, 5.41) is 0. The molecule has 0 heterocycles. The zero-order valence-corrected chi connectivity index (χ0v) is 9.56.